The summed E-state index contributed by atoms with van der Waals surface area (Å²) in [6.07, 6.45) is 3.57. The second-order valence-corrected chi connectivity index (χ2v) is 10.1. The highest BCUT2D eigenvalue weighted by Gasteiger charge is 2.31. The Morgan fingerprint density at radius 2 is 1.66 bits per heavy atom. The maximum Gasteiger partial charge on any atom is 0.319 e. The minimum Gasteiger partial charge on any atom is -0.325 e. The molecule has 0 aliphatic carbocycles. The highest BCUT2D eigenvalue weighted by molar-refractivity contribution is 5.92. The summed E-state index contributed by atoms with van der Waals surface area (Å²) in [7, 11) is 0. The fraction of sp³-hybridized carbons (Fsp3) is 0.560. The number of nitrogens with one attached hydrogen (secondary N) is 1. The molecule has 172 valence electrons. The predicted octanol–water partition coefficient (Wildman–Crippen LogP) is 4.34. The first-order valence-corrected chi connectivity index (χ1v) is 11.7. The third-order valence-corrected chi connectivity index (χ3v) is 6.49. The summed E-state index contributed by atoms with van der Waals surface area (Å²) in [5.74, 6) is 0.602. The Bertz CT molecular complexity index is 976. The van der Waals surface area contributed by atoms with Crippen LogP contribution in [-0.4, -0.2) is 57.7 Å². The average Bonchev–Trinajstić information content (AvgIpc) is 3.43. The molecule has 4 rings (SSSR count). The molecule has 0 unspecified atom stereocenters. The maximum atomic E-state index is 13.1. The topological polar surface area (TPSA) is 70.5 Å². The van der Waals surface area contributed by atoms with Gasteiger partial charge >= 0.3 is 6.03 Å². The van der Waals surface area contributed by atoms with Crippen LogP contribution in [0, 0.1) is 12.8 Å². The van der Waals surface area contributed by atoms with Gasteiger partial charge in [-0.05, 0) is 50.3 Å². The summed E-state index contributed by atoms with van der Waals surface area (Å²) < 4.78 is 1.83. The summed E-state index contributed by atoms with van der Waals surface area (Å²) in [5.41, 5.74) is 2.88. The van der Waals surface area contributed by atoms with Gasteiger partial charge in [-0.1, -0.05) is 32.9 Å². The zero-order valence-electron chi connectivity index (χ0n) is 19.7. The molecule has 7 nitrogen and oxygen atoms in total. The van der Waals surface area contributed by atoms with Crippen LogP contribution in [0.15, 0.2) is 30.3 Å². The number of hydrogen-bond acceptors (Lipinski definition) is 3. The number of hydrogen-bond donors (Lipinski definition) is 1. The average molecular weight is 438 g/mol. The van der Waals surface area contributed by atoms with Gasteiger partial charge in [0.25, 0.3) is 0 Å². The fourth-order valence-corrected chi connectivity index (χ4v) is 4.46. The zero-order valence-corrected chi connectivity index (χ0v) is 19.7. The van der Waals surface area contributed by atoms with Crippen molar-refractivity contribution in [1.29, 1.82) is 0 Å². The highest BCUT2D eigenvalue weighted by atomic mass is 16.2. The first-order chi connectivity index (χ1) is 15.2. The third-order valence-electron chi connectivity index (χ3n) is 6.49. The lowest BCUT2D eigenvalue weighted by Crippen LogP contribution is -2.47. The monoisotopic (exact) mass is 437 g/mol. The van der Waals surface area contributed by atoms with Gasteiger partial charge in [-0.25, -0.2) is 9.48 Å². The van der Waals surface area contributed by atoms with Gasteiger partial charge in [0.1, 0.15) is 5.82 Å². The van der Waals surface area contributed by atoms with Crippen LogP contribution in [0.4, 0.5) is 10.6 Å². The molecule has 0 atom stereocenters. The number of anilines is 1. The number of carbonyl (C=O) groups is 2. The molecule has 2 aliphatic rings. The first-order valence-electron chi connectivity index (χ1n) is 11.7. The first kappa shape index (κ1) is 22.4. The van der Waals surface area contributed by atoms with Crippen LogP contribution in [0.25, 0.3) is 5.69 Å². The molecule has 0 bridgehead atoms. The SMILES string of the molecule is Cc1cccc(-n2nc(C(C)(C)C)cc2NC(=O)C2CCN(C(=O)N3CCCC3)CC2)c1. The lowest BCUT2D eigenvalue weighted by molar-refractivity contribution is -0.121. The number of carbonyl (C=O) groups excluding carboxylic acids is 2. The molecule has 7 heteroatoms. The summed E-state index contributed by atoms with van der Waals surface area (Å²) in [6.45, 7) is 11.4. The molecular weight excluding hydrogens is 402 g/mol. The van der Waals surface area contributed by atoms with Crippen LogP contribution in [0.1, 0.15) is 57.7 Å². The van der Waals surface area contributed by atoms with E-state index in [1.54, 1.807) is 0 Å². The Morgan fingerprint density at radius 1 is 1.00 bits per heavy atom. The van der Waals surface area contributed by atoms with Gasteiger partial charge in [-0.15, -0.1) is 0 Å². The smallest absolute Gasteiger partial charge is 0.319 e. The Hall–Kier alpha value is -2.83. The summed E-state index contributed by atoms with van der Waals surface area (Å²) >= 11 is 0. The fourth-order valence-electron chi connectivity index (χ4n) is 4.46. The van der Waals surface area contributed by atoms with Gasteiger partial charge in [-0.2, -0.15) is 5.10 Å². The summed E-state index contributed by atoms with van der Waals surface area (Å²) in [6, 6.07) is 10.2. The van der Waals surface area contributed by atoms with E-state index < -0.39 is 0 Å². The molecule has 32 heavy (non-hydrogen) atoms. The number of aromatic nitrogens is 2. The van der Waals surface area contributed by atoms with Crippen molar-refractivity contribution in [2.45, 2.75) is 58.8 Å². The number of rotatable bonds is 3. The second-order valence-electron chi connectivity index (χ2n) is 10.1. The number of nitrogens with zero attached hydrogens (tertiary/aromatic N) is 4. The third kappa shape index (κ3) is 4.81. The molecule has 3 heterocycles. The van der Waals surface area contributed by atoms with Crippen molar-refractivity contribution >= 4 is 17.8 Å². The molecule has 0 saturated carbocycles. The second kappa shape index (κ2) is 8.96. The van der Waals surface area contributed by atoms with Gasteiger partial charge in [0.05, 0.1) is 11.4 Å². The number of benzene rings is 1. The van der Waals surface area contributed by atoms with E-state index in [-0.39, 0.29) is 23.3 Å². The van der Waals surface area contributed by atoms with Crippen LogP contribution in [0.3, 0.4) is 0 Å². The van der Waals surface area contributed by atoms with E-state index >= 15 is 0 Å². The molecule has 1 N–H and O–H groups in total. The Balaban J connectivity index is 1.46. The van der Waals surface area contributed by atoms with E-state index in [0.717, 1.165) is 42.9 Å². The predicted molar refractivity (Wildman–Crippen MR) is 126 cm³/mol. The molecule has 0 radical (unpaired) electrons. The van der Waals surface area contributed by atoms with Crippen LogP contribution in [-0.2, 0) is 10.2 Å². The quantitative estimate of drug-likeness (QED) is 0.776. The van der Waals surface area contributed by atoms with Gasteiger partial charge in [-0.3, -0.25) is 4.79 Å². The molecule has 3 amide bonds. The van der Waals surface area contributed by atoms with Crippen molar-refractivity contribution in [2.75, 3.05) is 31.5 Å². The standard InChI is InChI=1S/C25H35N5O2/c1-18-8-7-9-20(16-18)30-22(17-21(27-30)25(2,3)4)26-23(31)19-10-14-29(15-11-19)24(32)28-12-5-6-13-28/h7-9,16-17,19H,5-6,10-15H2,1-4H3,(H,26,31). The lowest BCUT2D eigenvalue weighted by atomic mass is 9.92. The van der Waals surface area contributed by atoms with Crippen LogP contribution in [0.2, 0.25) is 0 Å². The number of urea groups is 1. The van der Waals surface area contributed by atoms with E-state index in [1.807, 2.05) is 45.7 Å². The van der Waals surface area contributed by atoms with Crippen molar-refractivity contribution in [3.8, 4) is 5.69 Å². The van der Waals surface area contributed by atoms with E-state index in [9.17, 15) is 9.59 Å². The minimum absolute atomic E-state index is 0.00698. The number of likely N-dealkylation sites (tertiary alicyclic amines) is 2. The maximum absolute atomic E-state index is 13.1. The van der Waals surface area contributed by atoms with Crippen molar-refractivity contribution in [3.63, 3.8) is 0 Å². The van der Waals surface area contributed by atoms with E-state index in [0.29, 0.717) is 31.7 Å². The Kier molecular flexibility index (Phi) is 6.26. The number of aryl methyl sites for hydroxylation is 1. The lowest BCUT2D eigenvalue weighted by Gasteiger charge is -2.34. The molecular formula is C25H35N5O2. The largest absolute Gasteiger partial charge is 0.325 e. The molecule has 2 fully saturated rings. The van der Waals surface area contributed by atoms with E-state index in [2.05, 4.69) is 32.2 Å². The van der Waals surface area contributed by atoms with Crippen LogP contribution < -0.4 is 5.32 Å². The minimum atomic E-state index is -0.129. The Labute approximate surface area is 190 Å². The molecule has 1 aromatic heterocycles. The van der Waals surface area contributed by atoms with Crippen LogP contribution in [0.5, 0.6) is 0 Å². The number of piperidine rings is 1. The van der Waals surface area contributed by atoms with Gasteiger partial charge in [0.15, 0.2) is 0 Å². The zero-order chi connectivity index (χ0) is 22.9. The molecule has 2 saturated heterocycles. The Morgan fingerprint density at radius 3 is 2.28 bits per heavy atom. The number of amides is 3. The summed E-state index contributed by atoms with van der Waals surface area (Å²) in [5, 5.41) is 7.95. The molecule has 2 aliphatic heterocycles. The normalized spacial score (nSPS) is 17.6. The van der Waals surface area contributed by atoms with E-state index in [1.165, 1.54) is 0 Å². The molecule has 1 aromatic carbocycles. The molecule has 2 aromatic rings. The van der Waals surface area contributed by atoms with E-state index in [4.69, 9.17) is 5.10 Å². The summed E-state index contributed by atoms with van der Waals surface area (Å²) in [4.78, 5) is 29.6. The van der Waals surface area contributed by atoms with Gasteiger partial charge < -0.3 is 15.1 Å². The van der Waals surface area contributed by atoms with Crippen molar-refractivity contribution in [1.82, 2.24) is 19.6 Å². The van der Waals surface area contributed by atoms with Crippen LogP contribution >= 0.6 is 0 Å². The van der Waals surface area contributed by atoms with Crippen molar-refractivity contribution in [3.05, 3.63) is 41.6 Å². The van der Waals surface area contributed by atoms with Crippen molar-refractivity contribution in [2.24, 2.45) is 5.92 Å². The van der Waals surface area contributed by atoms with Gasteiger partial charge in [0.2, 0.25) is 5.91 Å². The van der Waals surface area contributed by atoms with Gasteiger partial charge in [0, 0.05) is 43.6 Å². The van der Waals surface area contributed by atoms with Crippen molar-refractivity contribution < 1.29 is 9.59 Å². The highest BCUT2D eigenvalue weighted by Crippen LogP contribution is 2.28. The molecule has 0 spiro atoms.